The zero-order valence-electron chi connectivity index (χ0n) is 20.3. The summed E-state index contributed by atoms with van der Waals surface area (Å²) in [4.78, 5) is 0. The van der Waals surface area contributed by atoms with E-state index in [4.69, 9.17) is 0 Å². The fourth-order valence-electron chi connectivity index (χ4n) is 5.59. The van der Waals surface area contributed by atoms with E-state index in [-0.39, 0.29) is 30.2 Å². The van der Waals surface area contributed by atoms with Gasteiger partial charge < -0.3 is 24.8 Å². The molecule has 0 spiro atoms. The van der Waals surface area contributed by atoms with E-state index in [1.54, 1.807) is 34.5 Å². The normalized spacial score (nSPS) is 27.5. The van der Waals surface area contributed by atoms with E-state index in [1.807, 2.05) is 0 Å². The van der Waals surface area contributed by atoms with Gasteiger partial charge in [0.2, 0.25) is 0 Å². The average Bonchev–Trinajstić information content (AvgIpc) is 3.20. The first-order valence-corrected chi connectivity index (χ1v) is 17.9. The topological polar surface area (TPSA) is 0 Å². The van der Waals surface area contributed by atoms with Gasteiger partial charge in [-0.25, -0.2) is 36.1 Å². The fraction of sp³-hybridized carbons (Fsp3) is 0.769. The minimum atomic E-state index is 0. The van der Waals surface area contributed by atoms with Crippen molar-refractivity contribution in [3.63, 3.8) is 0 Å². The molecule has 4 aliphatic rings. The third kappa shape index (κ3) is 9.41. The van der Waals surface area contributed by atoms with Crippen LogP contribution in [-0.2, 0) is 23.3 Å². The van der Waals surface area contributed by atoms with E-state index in [0.29, 0.717) is 10.8 Å². The Kier molecular flexibility index (Phi) is 14.7. The summed E-state index contributed by atoms with van der Waals surface area (Å²) in [6.45, 7) is 14.4. The van der Waals surface area contributed by atoms with Crippen molar-refractivity contribution < 1.29 is 48.1 Å². The van der Waals surface area contributed by atoms with Gasteiger partial charge in [-0.3, -0.25) is 0 Å². The average molecular weight is 547 g/mol. The predicted molar refractivity (Wildman–Crippen MR) is 123 cm³/mol. The molecule has 0 nitrogen and oxygen atoms in total. The van der Waals surface area contributed by atoms with Gasteiger partial charge in [-0.05, 0) is 35.5 Å². The second-order valence-corrected chi connectivity index (χ2v) is 20.2. The Bertz CT molecular complexity index is 542. The molecule has 172 valence electrons. The Labute approximate surface area is 216 Å². The smallest absolute Gasteiger partial charge is 1.00 e. The van der Waals surface area contributed by atoms with Crippen molar-refractivity contribution in [1.82, 2.24) is 0 Å². The molecule has 30 heavy (non-hydrogen) atoms. The van der Waals surface area contributed by atoms with Crippen molar-refractivity contribution in [3.8, 4) is 0 Å². The third-order valence-corrected chi connectivity index (χ3v) is 7.17. The van der Waals surface area contributed by atoms with Crippen LogP contribution in [0, 0.1) is 35.5 Å². The van der Waals surface area contributed by atoms with Gasteiger partial charge in [-0.1, -0.05) is 53.4 Å². The van der Waals surface area contributed by atoms with Crippen LogP contribution in [0.4, 0.5) is 0 Å². The molecular formula is C26H44Cl2SiZr-2. The van der Waals surface area contributed by atoms with Gasteiger partial charge in [0.05, 0.1) is 0 Å². The maximum Gasteiger partial charge on any atom is -1.00 e. The number of fused-ring (bicyclic) bond motifs is 2. The number of hydrogen-bond donors (Lipinski definition) is 0. The van der Waals surface area contributed by atoms with Gasteiger partial charge in [-0.2, -0.15) is 0 Å². The quantitative estimate of drug-likeness (QED) is 0.323. The Morgan fingerprint density at radius 1 is 0.800 bits per heavy atom. The van der Waals surface area contributed by atoms with Crippen LogP contribution in [0.25, 0.3) is 0 Å². The van der Waals surface area contributed by atoms with E-state index >= 15 is 0 Å². The molecule has 0 N–H and O–H groups in total. The SMILES string of the molecule is CC1(C)CCCC=C2[CH-]CCC21.CC1(C)CCCC=C2[CH-]CCC21.C[Si](C)=[Zr+2].[Cl-].[Cl-]. The van der Waals surface area contributed by atoms with Crippen molar-refractivity contribution in [2.75, 3.05) is 0 Å². The van der Waals surface area contributed by atoms with Crippen LogP contribution in [0.3, 0.4) is 0 Å². The van der Waals surface area contributed by atoms with Crippen LogP contribution < -0.4 is 24.8 Å². The molecule has 2 unspecified atom stereocenters. The van der Waals surface area contributed by atoms with E-state index < -0.39 is 0 Å². The summed E-state index contributed by atoms with van der Waals surface area (Å²) in [5, 5.41) is 0. The minimum absolute atomic E-state index is 0. The van der Waals surface area contributed by atoms with Gasteiger partial charge >= 0.3 is 41.9 Å². The van der Waals surface area contributed by atoms with Crippen LogP contribution in [0.15, 0.2) is 23.3 Å². The Morgan fingerprint density at radius 3 is 1.47 bits per heavy atom. The molecule has 0 heterocycles. The van der Waals surface area contributed by atoms with Crippen molar-refractivity contribution in [2.24, 2.45) is 22.7 Å². The van der Waals surface area contributed by atoms with Gasteiger partial charge in [0.15, 0.2) is 0 Å². The van der Waals surface area contributed by atoms with Crippen LogP contribution in [0.2, 0.25) is 13.1 Å². The van der Waals surface area contributed by atoms with E-state index in [9.17, 15) is 0 Å². The monoisotopic (exact) mass is 544 g/mol. The first-order valence-electron chi connectivity index (χ1n) is 11.7. The van der Waals surface area contributed by atoms with Crippen LogP contribution >= 0.6 is 0 Å². The van der Waals surface area contributed by atoms with Gasteiger partial charge in [0.1, 0.15) is 0 Å². The molecule has 0 aromatic rings. The second kappa shape index (κ2) is 14.2. The Hall–Kier alpha value is 0.900. The number of hydrogen-bond acceptors (Lipinski definition) is 0. The molecule has 0 amide bonds. The van der Waals surface area contributed by atoms with E-state index in [0.717, 1.165) is 11.8 Å². The summed E-state index contributed by atoms with van der Waals surface area (Å²) in [5.74, 6) is 1.75. The standard InChI is InChI=1S/2C12H19.C2H6Si.2ClH.Zr/c2*1-12(2)9-4-3-6-10-7-5-8-11(10)12;1-3-2;;;/h2*6-7,11H,3-5,8-9H2,1-2H3;1-2H3;2*1H;/q2*-1;;;;+2/p-2. The summed E-state index contributed by atoms with van der Waals surface area (Å²) in [7, 11) is 0. The predicted octanol–water partition coefficient (Wildman–Crippen LogP) is 2.27. The van der Waals surface area contributed by atoms with Gasteiger partial charge in [0.25, 0.3) is 0 Å². The molecule has 2 saturated carbocycles. The molecule has 4 rings (SSSR count). The number of allylic oxidation sites excluding steroid dienone is 4. The maximum absolute atomic E-state index is 2.48. The summed E-state index contributed by atoms with van der Waals surface area (Å²) >= 11 is 1.74. The van der Waals surface area contributed by atoms with Gasteiger partial charge in [0, 0.05) is 0 Å². The summed E-state index contributed by atoms with van der Waals surface area (Å²) in [5.41, 5.74) is 4.67. The van der Waals surface area contributed by atoms with Crippen molar-refractivity contribution in [3.05, 3.63) is 36.1 Å². The van der Waals surface area contributed by atoms with E-state index in [1.165, 1.54) is 64.2 Å². The van der Waals surface area contributed by atoms with Crippen LogP contribution in [0.1, 0.15) is 91.9 Å². The van der Waals surface area contributed by atoms with Crippen molar-refractivity contribution in [1.29, 1.82) is 0 Å². The van der Waals surface area contributed by atoms with Crippen molar-refractivity contribution >= 4 is 5.43 Å². The first-order chi connectivity index (χ1) is 13.1. The molecule has 4 aliphatic carbocycles. The third-order valence-electron chi connectivity index (χ3n) is 7.17. The largest absolute Gasteiger partial charge is 1.00 e. The van der Waals surface area contributed by atoms with E-state index in [2.05, 4.69) is 65.8 Å². The van der Waals surface area contributed by atoms with Gasteiger partial charge in [-0.15, -0.1) is 25.7 Å². The molecule has 0 aromatic heterocycles. The summed E-state index contributed by atoms with van der Waals surface area (Å²) in [6.07, 6.45) is 23.5. The zero-order chi connectivity index (χ0) is 20.8. The molecular weight excluding hydrogens is 503 g/mol. The van der Waals surface area contributed by atoms with Crippen LogP contribution in [-0.4, -0.2) is 5.43 Å². The fourth-order valence-corrected chi connectivity index (χ4v) is 5.59. The summed E-state index contributed by atoms with van der Waals surface area (Å²) in [6, 6.07) is 0. The molecule has 0 aromatic carbocycles. The molecule has 2 atom stereocenters. The molecule has 0 aliphatic heterocycles. The maximum atomic E-state index is 2.48. The van der Waals surface area contributed by atoms with Crippen molar-refractivity contribution in [2.45, 2.75) is 105 Å². The Balaban J connectivity index is 0.000000452. The molecule has 4 heteroatoms. The minimum Gasteiger partial charge on any atom is -1.00 e. The Morgan fingerprint density at radius 2 is 1.13 bits per heavy atom. The zero-order valence-corrected chi connectivity index (χ0v) is 25.3. The second-order valence-electron chi connectivity index (χ2n) is 10.8. The molecule has 0 radical (unpaired) electrons. The molecule has 0 bridgehead atoms. The van der Waals surface area contributed by atoms with Crippen LogP contribution in [0.5, 0.6) is 0 Å². The number of halogens is 2. The molecule has 2 fully saturated rings. The molecule has 0 saturated heterocycles. The first kappa shape index (κ1) is 30.9. The number of rotatable bonds is 0. The summed E-state index contributed by atoms with van der Waals surface area (Å²) < 4.78 is 0.